The maximum absolute atomic E-state index is 11.2. The van der Waals surface area contributed by atoms with Crippen LogP contribution in [0.15, 0.2) is 23.1 Å². The third-order valence-electron chi connectivity index (χ3n) is 2.56. The van der Waals surface area contributed by atoms with E-state index in [1.54, 1.807) is 23.9 Å². The van der Waals surface area contributed by atoms with E-state index in [0.29, 0.717) is 17.0 Å². The molecule has 0 spiro atoms. The molecular weight excluding hydrogens is 234 g/mol. The number of carbonyl (C=O) groups is 1. The van der Waals surface area contributed by atoms with E-state index in [2.05, 4.69) is 0 Å². The first-order chi connectivity index (χ1) is 7.04. The number of aliphatic carboxylic acids is 1. The highest BCUT2D eigenvalue weighted by atomic mass is 35.5. The first kappa shape index (κ1) is 10.8. The normalized spacial score (nSPS) is 24.7. The van der Waals surface area contributed by atoms with Gasteiger partial charge in [-0.1, -0.05) is 11.6 Å². The third-order valence-corrected chi connectivity index (χ3v) is 3.87. The molecule has 5 heteroatoms. The number of carboxylic acids is 1. The number of hydrogen-bond acceptors (Lipinski definition) is 3. The zero-order valence-electron chi connectivity index (χ0n) is 7.87. The monoisotopic (exact) mass is 243 g/mol. The summed E-state index contributed by atoms with van der Waals surface area (Å²) in [4.78, 5) is 12.1. The quantitative estimate of drug-likeness (QED) is 0.793. The predicted octanol–water partition coefficient (Wildman–Crippen LogP) is 2.07. The molecule has 0 aliphatic carbocycles. The number of carboxylic acid groups (broad SMARTS) is 1. The summed E-state index contributed by atoms with van der Waals surface area (Å²) in [6, 6.07) is 5.23. The van der Waals surface area contributed by atoms with Crippen LogP contribution in [0.25, 0.3) is 0 Å². The van der Waals surface area contributed by atoms with Crippen molar-refractivity contribution in [3.05, 3.63) is 28.8 Å². The van der Waals surface area contributed by atoms with Crippen LogP contribution in [0.4, 0.5) is 0 Å². The first-order valence-corrected chi connectivity index (χ1v) is 5.85. The zero-order chi connectivity index (χ0) is 11.1. The number of benzene rings is 1. The van der Waals surface area contributed by atoms with E-state index in [-0.39, 0.29) is 0 Å². The molecule has 0 saturated heterocycles. The van der Waals surface area contributed by atoms with Crippen molar-refractivity contribution < 1.29 is 9.90 Å². The molecule has 1 unspecified atom stereocenters. The molecule has 1 aromatic rings. The Bertz CT molecular complexity index is 424. The van der Waals surface area contributed by atoms with Gasteiger partial charge in [-0.3, -0.25) is 0 Å². The minimum Gasteiger partial charge on any atom is -0.480 e. The average molecular weight is 244 g/mol. The van der Waals surface area contributed by atoms with Gasteiger partial charge >= 0.3 is 5.97 Å². The van der Waals surface area contributed by atoms with Crippen molar-refractivity contribution in [3.63, 3.8) is 0 Å². The van der Waals surface area contributed by atoms with Crippen LogP contribution in [0.3, 0.4) is 0 Å². The molecule has 80 valence electrons. The highest BCUT2D eigenvalue weighted by Crippen LogP contribution is 2.40. The lowest BCUT2D eigenvalue weighted by Crippen LogP contribution is -2.47. The van der Waals surface area contributed by atoms with Crippen LogP contribution in [0.2, 0.25) is 5.02 Å². The van der Waals surface area contributed by atoms with Gasteiger partial charge < -0.3 is 10.8 Å². The smallest absolute Gasteiger partial charge is 0.328 e. The summed E-state index contributed by atoms with van der Waals surface area (Å²) in [7, 11) is 0. The van der Waals surface area contributed by atoms with Gasteiger partial charge in [0.2, 0.25) is 0 Å². The molecule has 1 aliphatic heterocycles. The number of fused-ring (bicyclic) bond motifs is 1. The van der Waals surface area contributed by atoms with E-state index < -0.39 is 11.5 Å². The molecule has 1 aliphatic rings. The summed E-state index contributed by atoms with van der Waals surface area (Å²) in [6.07, 6.45) is 0.431. The zero-order valence-corrected chi connectivity index (χ0v) is 9.44. The van der Waals surface area contributed by atoms with E-state index in [1.165, 1.54) is 0 Å². The van der Waals surface area contributed by atoms with Gasteiger partial charge in [-0.2, -0.15) is 0 Å². The summed E-state index contributed by atoms with van der Waals surface area (Å²) in [5.74, 6) is -0.274. The van der Waals surface area contributed by atoms with Crippen molar-refractivity contribution >= 4 is 29.3 Å². The minimum atomic E-state index is -1.29. The molecule has 2 rings (SSSR count). The summed E-state index contributed by atoms with van der Waals surface area (Å²) >= 11 is 7.47. The molecule has 1 aromatic carbocycles. The largest absolute Gasteiger partial charge is 0.480 e. The van der Waals surface area contributed by atoms with Crippen molar-refractivity contribution in [1.82, 2.24) is 0 Å². The molecule has 0 amide bonds. The van der Waals surface area contributed by atoms with E-state index in [1.807, 2.05) is 6.07 Å². The maximum Gasteiger partial charge on any atom is 0.328 e. The van der Waals surface area contributed by atoms with E-state index in [9.17, 15) is 4.79 Å². The van der Waals surface area contributed by atoms with Crippen molar-refractivity contribution in [2.45, 2.75) is 16.9 Å². The van der Waals surface area contributed by atoms with Gasteiger partial charge in [0.05, 0.1) is 0 Å². The fourth-order valence-corrected chi connectivity index (χ4v) is 3.03. The van der Waals surface area contributed by atoms with Gasteiger partial charge in [-0.05, 0) is 30.2 Å². The SMILES string of the molecule is NC1(C(=O)O)CCSc2ccc(Cl)cc21. The molecule has 0 saturated carbocycles. The molecule has 1 atom stereocenters. The van der Waals surface area contributed by atoms with E-state index in [0.717, 1.165) is 10.6 Å². The summed E-state index contributed by atoms with van der Waals surface area (Å²) in [6.45, 7) is 0. The molecule has 15 heavy (non-hydrogen) atoms. The molecule has 0 fully saturated rings. The van der Waals surface area contributed by atoms with Crippen molar-refractivity contribution in [2.24, 2.45) is 5.73 Å². The Morgan fingerprint density at radius 1 is 1.60 bits per heavy atom. The highest BCUT2D eigenvalue weighted by molar-refractivity contribution is 7.99. The predicted molar refractivity (Wildman–Crippen MR) is 60.3 cm³/mol. The molecule has 0 bridgehead atoms. The number of halogens is 1. The van der Waals surface area contributed by atoms with Gasteiger partial charge in [-0.25, -0.2) is 4.79 Å². The molecule has 0 aromatic heterocycles. The Balaban J connectivity index is 2.59. The van der Waals surface area contributed by atoms with Crippen molar-refractivity contribution in [1.29, 1.82) is 0 Å². The fraction of sp³-hybridized carbons (Fsp3) is 0.300. The summed E-state index contributed by atoms with van der Waals surface area (Å²) in [5, 5.41) is 9.68. The summed E-state index contributed by atoms with van der Waals surface area (Å²) < 4.78 is 0. The Hall–Kier alpha value is -0.710. The average Bonchev–Trinajstić information content (AvgIpc) is 2.19. The Labute approximate surface area is 96.6 Å². The second-order valence-electron chi connectivity index (χ2n) is 3.52. The van der Waals surface area contributed by atoms with Crippen LogP contribution in [-0.4, -0.2) is 16.8 Å². The van der Waals surface area contributed by atoms with Crippen molar-refractivity contribution in [2.75, 3.05) is 5.75 Å². The number of rotatable bonds is 1. The van der Waals surface area contributed by atoms with Crippen LogP contribution in [0, 0.1) is 0 Å². The summed E-state index contributed by atoms with van der Waals surface area (Å²) in [5.41, 5.74) is 5.25. The number of thioether (sulfide) groups is 1. The van der Waals surface area contributed by atoms with E-state index in [4.69, 9.17) is 22.4 Å². The van der Waals surface area contributed by atoms with Crippen LogP contribution >= 0.6 is 23.4 Å². The third kappa shape index (κ3) is 1.73. The molecule has 3 nitrogen and oxygen atoms in total. The Kier molecular flexibility index (Phi) is 2.66. The second-order valence-corrected chi connectivity index (χ2v) is 5.09. The van der Waals surface area contributed by atoms with Gasteiger partial charge in [0.1, 0.15) is 5.54 Å². The lowest BCUT2D eigenvalue weighted by Gasteiger charge is -2.31. The second kappa shape index (κ2) is 3.70. The van der Waals surface area contributed by atoms with Gasteiger partial charge in [0.25, 0.3) is 0 Å². The standard InChI is InChI=1S/C10H10ClNO2S/c11-6-1-2-8-7(5-6)10(12,9(13)14)3-4-15-8/h1-2,5H,3-4,12H2,(H,13,14). The fourth-order valence-electron chi connectivity index (χ4n) is 1.66. The highest BCUT2D eigenvalue weighted by Gasteiger charge is 2.40. The van der Waals surface area contributed by atoms with Crippen LogP contribution in [0.5, 0.6) is 0 Å². The van der Waals surface area contributed by atoms with Gasteiger partial charge in [-0.15, -0.1) is 11.8 Å². The van der Waals surface area contributed by atoms with Crippen LogP contribution < -0.4 is 5.73 Å². The van der Waals surface area contributed by atoms with E-state index >= 15 is 0 Å². The van der Waals surface area contributed by atoms with Crippen LogP contribution in [-0.2, 0) is 10.3 Å². The van der Waals surface area contributed by atoms with Gasteiger partial charge in [0.15, 0.2) is 0 Å². The van der Waals surface area contributed by atoms with Crippen LogP contribution in [0.1, 0.15) is 12.0 Å². The first-order valence-electron chi connectivity index (χ1n) is 4.49. The Morgan fingerprint density at radius 3 is 3.00 bits per heavy atom. The topological polar surface area (TPSA) is 63.3 Å². The Morgan fingerprint density at radius 2 is 2.33 bits per heavy atom. The molecule has 1 heterocycles. The van der Waals surface area contributed by atoms with Gasteiger partial charge in [0, 0.05) is 15.7 Å². The molecular formula is C10H10ClNO2S. The lowest BCUT2D eigenvalue weighted by molar-refractivity contribution is -0.144. The molecule has 0 radical (unpaired) electrons. The maximum atomic E-state index is 11.2. The minimum absolute atomic E-state index is 0.431. The number of hydrogen-bond donors (Lipinski definition) is 2. The number of nitrogens with two attached hydrogens (primary N) is 1. The van der Waals surface area contributed by atoms with Crippen molar-refractivity contribution in [3.8, 4) is 0 Å². The lowest BCUT2D eigenvalue weighted by atomic mass is 9.88. The molecule has 3 N–H and O–H groups in total.